The van der Waals surface area contributed by atoms with Crippen LogP contribution in [0.1, 0.15) is 32.3 Å². The Balaban J connectivity index is 2.90. The maximum Gasteiger partial charge on any atom is 0.235 e. The first-order chi connectivity index (χ1) is 9.37. The molecule has 3 nitrogen and oxygen atoms in total. The summed E-state index contributed by atoms with van der Waals surface area (Å²) in [5.41, 5.74) is 5.86. The van der Waals surface area contributed by atoms with Crippen LogP contribution >= 0.6 is 12.2 Å². The number of nitrogens with zero attached hydrogens (tertiary/aromatic N) is 1. The van der Waals surface area contributed by atoms with Crippen LogP contribution in [0.25, 0.3) is 0 Å². The minimum atomic E-state index is -0.788. The van der Waals surface area contributed by atoms with Gasteiger partial charge in [0.25, 0.3) is 0 Å². The van der Waals surface area contributed by atoms with Gasteiger partial charge in [-0.25, -0.2) is 4.39 Å². The predicted molar refractivity (Wildman–Crippen MR) is 82.7 cm³/mol. The van der Waals surface area contributed by atoms with Gasteiger partial charge in [0.05, 0.1) is 10.4 Å². The van der Waals surface area contributed by atoms with Crippen molar-refractivity contribution >= 4 is 23.1 Å². The largest absolute Gasteiger partial charge is 0.392 e. The molecule has 0 saturated carbocycles. The van der Waals surface area contributed by atoms with E-state index >= 15 is 0 Å². The lowest BCUT2D eigenvalue weighted by atomic mass is 9.80. The monoisotopic (exact) mass is 296 g/mol. The molecule has 0 atom stereocenters. The van der Waals surface area contributed by atoms with Gasteiger partial charge in [-0.3, -0.25) is 4.79 Å². The maximum absolute atomic E-state index is 12.9. The molecule has 0 aliphatic rings. The highest BCUT2D eigenvalue weighted by molar-refractivity contribution is 7.80. The zero-order valence-electron chi connectivity index (χ0n) is 12.1. The Morgan fingerprint density at radius 3 is 2.20 bits per heavy atom. The maximum atomic E-state index is 12.9. The minimum absolute atomic E-state index is 0.0840. The van der Waals surface area contributed by atoms with Gasteiger partial charge in [-0.15, -0.1) is 0 Å². The highest BCUT2D eigenvalue weighted by Crippen LogP contribution is 2.29. The lowest BCUT2D eigenvalue weighted by Crippen LogP contribution is -2.48. The van der Waals surface area contributed by atoms with E-state index in [1.54, 1.807) is 24.1 Å². The fraction of sp³-hybridized carbons (Fsp3) is 0.467. The Bertz CT molecular complexity index is 483. The third kappa shape index (κ3) is 3.33. The number of amides is 1. The highest BCUT2D eigenvalue weighted by Gasteiger charge is 2.39. The number of nitrogens with two attached hydrogens (primary N) is 1. The quantitative estimate of drug-likeness (QED) is 0.821. The molecule has 110 valence electrons. The summed E-state index contributed by atoms with van der Waals surface area (Å²) in [5.74, 6) is -0.373. The average molecular weight is 296 g/mol. The molecule has 1 amide bonds. The van der Waals surface area contributed by atoms with Gasteiger partial charge >= 0.3 is 0 Å². The van der Waals surface area contributed by atoms with Crippen LogP contribution in [-0.4, -0.2) is 22.8 Å². The molecule has 5 heteroatoms. The van der Waals surface area contributed by atoms with E-state index < -0.39 is 5.41 Å². The first kappa shape index (κ1) is 16.6. The van der Waals surface area contributed by atoms with E-state index in [1.165, 1.54) is 12.1 Å². The lowest BCUT2D eigenvalue weighted by molar-refractivity contribution is -0.137. The van der Waals surface area contributed by atoms with Crippen LogP contribution in [0.5, 0.6) is 0 Å². The fourth-order valence-electron chi connectivity index (χ4n) is 2.31. The number of thiocarbonyl (C=S) groups is 1. The van der Waals surface area contributed by atoms with Gasteiger partial charge in [-0.05, 0) is 30.5 Å². The van der Waals surface area contributed by atoms with Crippen molar-refractivity contribution in [3.8, 4) is 0 Å². The van der Waals surface area contributed by atoms with E-state index in [2.05, 4.69) is 0 Å². The Kier molecular flexibility index (Phi) is 5.62. The van der Waals surface area contributed by atoms with Crippen LogP contribution in [-0.2, 0) is 11.3 Å². The third-order valence-corrected chi connectivity index (χ3v) is 4.16. The second kappa shape index (κ2) is 6.79. The molecule has 0 unspecified atom stereocenters. The minimum Gasteiger partial charge on any atom is -0.392 e. The smallest absolute Gasteiger partial charge is 0.235 e. The van der Waals surface area contributed by atoms with Crippen LogP contribution in [0.15, 0.2) is 24.3 Å². The SMILES string of the molecule is CCC(CC)(C(=O)N(C)Cc1ccc(F)cc1)C(N)=S. The molecule has 1 rings (SSSR count). The summed E-state index contributed by atoms with van der Waals surface area (Å²) in [7, 11) is 1.71. The molecule has 20 heavy (non-hydrogen) atoms. The van der Waals surface area contributed by atoms with Crippen molar-refractivity contribution in [1.29, 1.82) is 0 Å². The van der Waals surface area contributed by atoms with Gasteiger partial charge in [0.2, 0.25) is 5.91 Å². The third-order valence-electron chi connectivity index (χ3n) is 3.77. The Labute approximate surface area is 125 Å². The van der Waals surface area contributed by atoms with Crippen molar-refractivity contribution in [2.75, 3.05) is 7.05 Å². The van der Waals surface area contributed by atoms with Crippen molar-refractivity contribution in [2.24, 2.45) is 11.1 Å². The molecular weight excluding hydrogens is 275 g/mol. The summed E-state index contributed by atoms with van der Waals surface area (Å²) in [5, 5.41) is 0. The second-order valence-corrected chi connectivity index (χ2v) is 5.38. The van der Waals surface area contributed by atoms with E-state index in [9.17, 15) is 9.18 Å². The summed E-state index contributed by atoms with van der Waals surface area (Å²) < 4.78 is 12.9. The normalized spacial score (nSPS) is 11.2. The summed E-state index contributed by atoms with van der Waals surface area (Å²) >= 11 is 5.09. The van der Waals surface area contributed by atoms with Crippen LogP contribution in [0, 0.1) is 11.2 Å². The van der Waals surface area contributed by atoms with Crippen molar-refractivity contribution in [3.05, 3.63) is 35.6 Å². The van der Waals surface area contributed by atoms with Crippen LogP contribution in [0.3, 0.4) is 0 Å². The van der Waals surface area contributed by atoms with E-state index in [-0.39, 0.29) is 16.7 Å². The first-order valence-electron chi connectivity index (χ1n) is 6.67. The molecule has 0 heterocycles. The highest BCUT2D eigenvalue weighted by atomic mass is 32.1. The van der Waals surface area contributed by atoms with E-state index in [1.807, 2.05) is 13.8 Å². The predicted octanol–water partition coefficient (Wildman–Crippen LogP) is 2.88. The molecule has 1 aromatic rings. The molecule has 0 aromatic heterocycles. The van der Waals surface area contributed by atoms with Gasteiger partial charge in [0, 0.05) is 13.6 Å². The number of carbonyl (C=O) groups excluding carboxylic acids is 1. The molecule has 2 N–H and O–H groups in total. The second-order valence-electron chi connectivity index (χ2n) is 4.94. The average Bonchev–Trinajstić information content (AvgIpc) is 2.42. The zero-order valence-corrected chi connectivity index (χ0v) is 13.0. The van der Waals surface area contributed by atoms with Gasteiger partial charge in [0.15, 0.2) is 0 Å². The Morgan fingerprint density at radius 1 is 1.30 bits per heavy atom. The van der Waals surface area contributed by atoms with Crippen LogP contribution in [0.4, 0.5) is 4.39 Å². The molecule has 0 bridgehead atoms. The topological polar surface area (TPSA) is 46.3 Å². The molecule has 0 radical (unpaired) electrons. The molecule has 0 saturated heterocycles. The molecule has 0 spiro atoms. The summed E-state index contributed by atoms with van der Waals surface area (Å²) in [4.78, 5) is 14.5. The van der Waals surface area contributed by atoms with Crippen molar-refractivity contribution in [2.45, 2.75) is 33.2 Å². The zero-order chi connectivity index (χ0) is 15.3. The number of benzene rings is 1. The van der Waals surface area contributed by atoms with Crippen LogP contribution in [0.2, 0.25) is 0 Å². The van der Waals surface area contributed by atoms with Crippen molar-refractivity contribution in [3.63, 3.8) is 0 Å². The lowest BCUT2D eigenvalue weighted by Gasteiger charge is -2.33. The molecule has 0 aliphatic carbocycles. The summed E-state index contributed by atoms with van der Waals surface area (Å²) in [6.07, 6.45) is 1.15. The summed E-state index contributed by atoms with van der Waals surface area (Å²) in [6, 6.07) is 6.10. The fourth-order valence-corrected chi connectivity index (χ4v) is 2.68. The number of carbonyl (C=O) groups is 1. The first-order valence-corrected chi connectivity index (χ1v) is 7.08. The van der Waals surface area contributed by atoms with Crippen molar-refractivity contribution in [1.82, 2.24) is 4.90 Å². The molecular formula is C15H21FN2OS. The Hall–Kier alpha value is -1.49. The van der Waals surface area contributed by atoms with Gasteiger partial charge in [-0.2, -0.15) is 0 Å². The van der Waals surface area contributed by atoms with E-state index in [0.717, 1.165) is 5.56 Å². The van der Waals surface area contributed by atoms with Crippen molar-refractivity contribution < 1.29 is 9.18 Å². The van der Waals surface area contributed by atoms with Gasteiger partial charge in [-0.1, -0.05) is 38.2 Å². The van der Waals surface area contributed by atoms with E-state index in [4.69, 9.17) is 18.0 Å². The standard InChI is InChI=1S/C15H21FN2OS/c1-4-15(5-2,13(17)20)14(19)18(3)10-11-6-8-12(16)9-7-11/h6-9H,4-5,10H2,1-3H3,(H2,17,20). The number of rotatable bonds is 6. The number of hydrogen-bond acceptors (Lipinski definition) is 2. The van der Waals surface area contributed by atoms with E-state index in [0.29, 0.717) is 19.4 Å². The molecule has 0 aliphatic heterocycles. The Morgan fingerprint density at radius 2 is 1.80 bits per heavy atom. The summed E-state index contributed by atoms with van der Waals surface area (Å²) in [6.45, 7) is 4.22. The number of hydrogen-bond donors (Lipinski definition) is 1. The van der Waals surface area contributed by atoms with Gasteiger partial charge in [0.1, 0.15) is 5.82 Å². The molecule has 0 fully saturated rings. The van der Waals surface area contributed by atoms with Crippen LogP contribution < -0.4 is 5.73 Å². The molecule has 1 aromatic carbocycles. The number of halogens is 1. The van der Waals surface area contributed by atoms with Gasteiger partial charge < -0.3 is 10.6 Å².